The predicted octanol–water partition coefficient (Wildman–Crippen LogP) is 2.39. The molecule has 0 N–H and O–H groups in total. The molecule has 0 bridgehead atoms. The van der Waals surface area contributed by atoms with Gasteiger partial charge in [0.1, 0.15) is 5.56 Å². The Labute approximate surface area is 88.2 Å². The first kappa shape index (κ1) is 11.5. The third-order valence-electron chi connectivity index (χ3n) is 2.06. The van der Waals surface area contributed by atoms with E-state index in [9.17, 15) is 9.59 Å². The molecule has 0 fully saturated rings. The summed E-state index contributed by atoms with van der Waals surface area (Å²) < 4.78 is 9.87. The zero-order valence-corrected chi connectivity index (χ0v) is 9.07. The lowest BCUT2D eigenvalue weighted by Crippen LogP contribution is -2.09. The van der Waals surface area contributed by atoms with Gasteiger partial charge < -0.3 is 9.15 Å². The van der Waals surface area contributed by atoms with Crippen LogP contribution < -0.4 is 0 Å². The maximum absolute atomic E-state index is 11.6. The second-order valence-electron chi connectivity index (χ2n) is 3.42. The molecular formula is C11H14O4. The van der Waals surface area contributed by atoms with Crippen LogP contribution in [-0.4, -0.2) is 18.9 Å². The summed E-state index contributed by atoms with van der Waals surface area (Å²) in [5.41, 5.74) is 0.956. The van der Waals surface area contributed by atoms with E-state index in [1.165, 1.54) is 6.26 Å². The standard InChI is InChI=1S/C11H14O4/c1-4-14-11(13)10-8(7(2)3)6-15-9(10)5-12/h5-7H,4H2,1-3H3. The van der Waals surface area contributed by atoms with Crippen LogP contribution in [0.3, 0.4) is 0 Å². The molecular weight excluding hydrogens is 196 g/mol. The minimum absolute atomic E-state index is 0.0390. The van der Waals surface area contributed by atoms with Gasteiger partial charge in [-0.3, -0.25) is 4.79 Å². The molecule has 82 valence electrons. The van der Waals surface area contributed by atoms with Crippen molar-refractivity contribution >= 4 is 12.3 Å². The van der Waals surface area contributed by atoms with Gasteiger partial charge in [-0.2, -0.15) is 0 Å². The Balaban J connectivity index is 3.15. The quantitative estimate of drug-likeness (QED) is 0.565. The van der Waals surface area contributed by atoms with Gasteiger partial charge in [-0.1, -0.05) is 13.8 Å². The Morgan fingerprint density at radius 1 is 1.60 bits per heavy atom. The van der Waals surface area contributed by atoms with Crippen LogP contribution in [0.5, 0.6) is 0 Å². The number of furan rings is 1. The van der Waals surface area contributed by atoms with E-state index >= 15 is 0 Å². The van der Waals surface area contributed by atoms with Crippen LogP contribution in [0, 0.1) is 0 Å². The molecule has 1 aromatic heterocycles. The van der Waals surface area contributed by atoms with Crippen LogP contribution in [0.1, 0.15) is 53.2 Å². The molecule has 0 aliphatic carbocycles. The number of hydrogen-bond acceptors (Lipinski definition) is 4. The molecule has 4 heteroatoms. The van der Waals surface area contributed by atoms with E-state index in [1.54, 1.807) is 6.92 Å². The average molecular weight is 210 g/mol. The lowest BCUT2D eigenvalue weighted by atomic mass is 10.0. The summed E-state index contributed by atoms with van der Waals surface area (Å²) in [5.74, 6) is -0.351. The molecule has 0 radical (unpaired) electrons. The van der Waals surface area contributed by atoms with Crippen molar-refractivity contribution in [2.24, 2.45) is 0 Å². The van der Waals surface area contributed by atoms with Crippen molar-refractivity contribution in [1.29, 1.82) is 0 Å². The topological polar surface area (TPSA) is 56.5 Å². The van der Waals surface area contributed by atoms with Crippen LogP contribution in [-0.2, 0) is 4.74 Å². The second-order valence-corrected chi connectivity index (χ2v) is 3.42. The molecule has 0 unspecified atom stereocenters. The van der Waals surface area contributed by atoms with Crippen molar-refractivity contribution in [3.63, 3.8) is 0 Å². The summed E-state index contributed by atoms with van der Waals surface area (Å²) in [5, 5.41) is 0. The number of rotatable bonds is 4. The van der Waals surface area contributed by atoms with E-state index in [0.717, 1.165) is 0 Å². The van der Waals surface area contributed by atoms with E-state index < -0.39 is 5.97 Å². The Hall–Kier alpha value is -1.58. The SMILES string of the molecule is CCOC(=O)c1c(C(C)C)coc1C=O. The van der Waals surface area contributed by atoms with Gasteiger partial charge in [0.2, 0.25) is 0 Å². The van der Waals surface area contributed by atoms with Crippen molar-refractivity contribution in [1.82, 2.24) is 0 Å². The number of carbonyl (C=O) groups excluding carboxylic acids is 2. The summed E-state index contributed by atoms with van der Waals surface area (Å²) in [6.07, 6.45) is 1.96. The number of aldehydes is 1. The first-order valence-electron chi connectivity index (χ1n) is 4.85. The minimum atomic E-state index is -0.503. The molecule has 0 saturated carbocycles. The molecule has 0 aliphatic rings. The number of carbonyl (C=O) groups is 2. The predicted molar refractivity (Wildman–Crippen MR) is 54.1 cm³/mol. The van der Waals surface area contributed by atoms with E-state index in [-0.39, 0.29) is 23.8 Å². The number of esters is 1. The highest BCUT2D eigenvalue weighted by atomic mass is 16.5. The van der Waals surface area contributed by atoms with Crippen molar-refractivity contribution in [2.75, 3.05) is 6.61 Å². The molecule has 0 aliphatic heterocycles. The lowest BCUT2D eigenvalue weighted by Gasteiger charge is -2.05. The molecule has 15 heavy (non-hydrogen) atoms. The van der Waals surface area contributed by atoms with Crippen LogP contribution >= 0.6 is 0 Å². The smallest absolute Gasteiger partial charge is 0.342 e. The Kier molecular flexibility index (Phi) is 3.66. The monoisotopic (exact) mass is 210 g/mol. The van der Waals surface area contributed by atoms with Crippen LogP contribution in [0.15, 0.2) is 10.7 Å². The summed E-state index contributed by atoms with van der Waals surface area (Å²) in [4.78, 5) is 22.2. The highest BCUT2D eigenvalue weighted by Crippen LogP contribution is 2.24. The molecule has 1 aromatic rings. The summed E-state index contributed by atoms with van der Waals surface area (Å²) in [6.45, 7) is 5.83. The number of hydrogen-bond donors (Lipinski definition) is 0. The van der Waals surface area contributed by atoms with E-state index in [4.69, 9.17) is 9.15 Å². The Morgan fingerprint density at radius 2 is 2.27 bits per heavy atom. The van der Waals surface area contributed by atoms with Gasteiger partial charge in [0.05, 0.1) is 12.9 Å². The van der Waals surface area contributed by atoms with Crippen molar-refractivity contribution in [2.45, 2.75) is 26.7 Å². The van der Waals surface area contributed by atoms with Crippen molar-refractivity contribution < 1.29 is 18.7 Å². The van der Waals surface area contributed by atoms with Crippen LogP contribution in [0.4, 0.5) is 0 Å². The normalized spacial score (nSPS) is 10.4. The van der Waals surface area contributed by atoms with Crippen molar-refractivity contribution in [3.05, 3.63) is 23.2 Å². The molecule has 1 rings (SSSR count). The fraction of sp³-hybridized carbons (Fsp3) is 0.455. The first-order valence-corrected chi connectivity index (χ1v) is 4.85. The minimum Gasteiger partial charge on any atom is -0.462 e. The van der Waals surface area contributed by atoms with E-state index in [0.29, 0.717) is 11.8 Å². The third kappa shape index (κ3) is 2.26. The summed E-state index contributed by atoms with van der Waals surface area (Å²) in [7, 11) is 0. The molecule has 4 nitrogen and oxygen atoms in total. The van der Waals surface area contributed by atoms with Crippen molar-refractivity contribution in [3.8, 4) is 0 Å². The first-order chi connectivity index (χ1) is 7.11. The average Bonchev–Trinajstić information content (AvgIpc) is 2.61. The van der Waals surface area contributed by atoms with Gasteiger partial charge in [0.25, 0.3) is 0 Å². The largest absolute Gasteiger partial charge is 0.462 e. The van der Waals surface area contributed by atoms with Gasteiger partial charge in [0, 0.05) is 5.56 Å². The van der Waals surface area contributed by atoms with E-state index in [2.05, 4.69) is 0 Å². The molecule has 0 saturated heterocycles. The van der Waals surface area contributed by atoms with Gasteiger partial charge in [-0.15, -0.1) is 0 Å². The Bertz CT molecular complexity index is 363. The van der Waals surface area contributed by atoms with Gasteiger partial charge in [-0.25, -0.2) is 4.79 Å². The molecule has 0 aromatic carbocycles. The second kappa shape index (κ2) is 4.77. The highest BCUT2D eigenvalue weighted by Gasteiger charge is 2.23. The van der Waals surface area contributed by atoms with E-state index in [1.807, 2.05) is 13.8 Å². The van der Waals surface area contributed by atoms with Gasteiger partial charge in [0.15, 0.2) is 12.0 Å². The fourth-order valence-corrected chi connectivity index (χ4v) is 1.32. The zero-order valence-electron chi connectivity index (χ0n) is 9.07. The molecule has 0 spiro atoms. The van der Waals surface area contributed by atoms with Crippen LogP contribution in [0.25, 0.3) is 0 Å². The Morgan fingerprint density at radius 3 is 2.73 bits per heavy atom. The molecule has 0 amide bonds. The summed E-state index contributed by atoms with van der Waals surface area (Å²) >= 11 is 0. The van der Waals surface area contributed by atoms with Gasteiger partial charge >= 0.3 is 5.97 Å². The highest BCUT2D eigenvalue weighted by molar-refractivity contribution is 5.98. The lowest BCUT2D eigenvalue weighted by molar-refractivity contribution is 0.0521. The fourth-order valence-electron chi connectivity index (χ4n) is 1.32. The molecule has 1 heterocycles. The van der Waals surface area contributed by atoms with Gasteiger partial charge in [-0.05, 0) is 12.8 Å². The van der Waals surface area contributed by atoms with Crippen LogP contribution in [0.2, 0.25) is 0 Å². The maximum atomic E-state index is 11.6. The maximum Gasteiger partial charge on any atom is 0.342 e. The third-order valence-corrected chi connectivity index (χ3v) is 2.06. The summed E-state index contributed by atoms with van der Waals surface area (Å²) in [6, 6.07) is 0. The zero-order chi connectivity index (χ0) is 11.4. The molecule has 0 atom stereocenters. The number of ether oxygens (including phenoxy) is 1.